The van der Waals surface area contributed by atoms with Gasteiger partial charge in [0.15, 0.2) is 0 Å². The number of hydrogen-bond acceptors (Lipinski definition) is 2. The SMILES string of the molecule is ClCCC#Cc1cccc(OCCCN2CCCC2)c1. The molecule has 3 heteroatoms. The lowest BCUT2D eigenvalue weighted by Crippen LogP contribution is -2.21. The number of nitrogens with zero attached hydrogens (tertiary/aromatic N) is 1. The van der Waals surface area contributed by atoms with Gasteiger partial charge in [-0.25, -0.2) is 0 Å². The van der Waals surface area contributed by atoms with Crippen molar-refractivity contribution in [2.45, 2.75) is 25.7 Å². The van der Waals surface area contributed by atoms with Crippen LogP contribution >= 0.6 is 11.6 Å². The second kappa shape index (κ2) is 8.89. The molecular weight excluding hydrogens is 270 g/mol. The van der Waals surface area contributed by atoms with E-state index in [4.69, 9.17) is 16.3 Å². The van der Waals surface area contributed by atoms with E-state index in [1.54, 1.807) is 0 Å². The third-order valence-electron chi connectivity index (χ3n) is 3.37. The Hall–Kier alpha value is -1.17. The van der Waals surface area contributed by atoms with Gasteiger partial charge in [-0.3, -0.25) is 0 Å². The van der Waals surface area contributed by atoms with E-state index in [-0.39, 0.29) is 0 Å². The van der Waals surface area contributed by atoms with Crippen LogP contribution in [-0.2, 0) is 0 Å². The normalized spacial score (nSPS) is 14.8. The predicted molar refractivity (Wildman–Crippen MR) is 84.4 cm³/mol. The molecular formula is C17H22ClNO. The van der Waals surface area contributed by atoms with Crippen molar-refractivity contribution in [1.82, 2.24) is 4.90 Å². The molecule has 20 heavy (non-hydrogen) atoms. The summed E-state index contributed by atoms with van der Waals surface area (Å²) >= 11 is 5.61. The first kappa shape index (κ1) is 15.2. The van der Waals surface area contributed by atoms with Crippen molar-refractivity contribution in [2.24, 2.45) is 0 Å². The van der Waals surface area contributed by atoms with Gasteiger partial charge >= 0.3 is 0 Å². The minimum Gasteiger partial charge on any atom is -0.494 e. The molecule has 1 aliphatic heterocycles. The zero-order chi connectivity index (χ0) is 14.0. The molecule has 2 rings (SSSR count). The van der Waals surface area contributed by atoms with Gasteiger partial charge in [-0.1, -0.05) is 17.9 Å². The average molecular weight is 292 g/mol. The van der Waals surface area contributed by atoms with Gasteiger partial charge in [-0.2, -0.15) is 0 Å². The summed E-state index contributed by atoms with van der Waals surface area (Å²) in [6, 6.07) is 7.97. The fourth-order valence-corrected chi connectivity index (χ4v) is 2.45. The molecule has 0 aliphatic carbocycles. The van der Waals surface area contributed by atoms with E-state index in [1.807, 2.05) is 24.3 Å². The van der Waals surface area contributed by atoms with Crippen molar-refractivity contribution in [3.63, 3.8) is 0 Å². The standard InChI is InChI=1S/C17H22ClNO/c18-10-2-1-7-16-8-5-9-17(15-16)20-14-6-13-19-11-3-4-12-19/h5,8-9,15H,2-4,6,10-14H2. The third-order valence-corrected chi connectivity index (χ3v) is 3.56. The van der Waals surface area contributed by atoms with Crippen LogP contribution in [0.5, 0.6) is 5.75 Å². The van der Waals surface area contributed by atoms with E-state index in [9.17, 15) is 0 Å². The maximum absolute atomic E-state index is 5.79. The number of ether oxygens (including phenoxy) is 1. The molecule has 1 aromatic carbocycles. The molecule has 2 nitrogen and oxygen atoms in total. The monoisotopic (exact) mass is 291 g/mol. The Balaban J connectivity index is 1.72. The molecule has 0 spiro atoms. The highest BCUT2D eigenvalue weighted by molar-refractivity contribution is 6.18. The number of rotatable bonds is 6. The van der Waals surface area contributed by atoms with E-state index >= 15 is 0 Å². The number of benzene rings is 1. The minimum absolute atomic E-state index is 0.583. The quantitative estimate of drug-likeness (QED) is 0.452. The van der Waals surface area contributed by atoms with Crippen molar-refractivity contribution in [3.05, 3.63) is 29.8 Å². The van der Waals surface area contributed by atoms with Gasteiger partial charge in [0.2, 0.25) is 0 Å². The fraction of sp³-hybridized carbons (Fsp3) is 0.529. The summed E-state index contributed by atoms with van der Waals surface area (Å²) < 4.78 is 5.79. The van der Waals surface area contributed by atoms with Crippen LogP contribution in [0, 0.1) is 11.8 Å². The molecule has 1 aromatic rings. The Labute approximate surface area is 127 Å². The van der Waals surface area contributed by atoms with Crippen LogP contribution in [0.25, 0.3) is 0 Å². The molecule has 0 radical (unpaired) electrons. The number of likely N-dealkylation sites (tertiary alicyclic amines) is 1. The fourth-order valence-electron chi connectivity index (χ4n) is 2.36. The van der Waals surface area contributed by atoms with Gasteiger partial charge in [0, 0.05) is 24.4 Å². The molecule has 1 aliphatic rings. The van der Waals surface area contributed by atoms with Crippen LogP contribution in [0.3, 0.4) is 0 Å². The summed E-state index contributed by atoms with van der Waals surface area (Å²) in [5, 5.41) is 0. The summed E-state index contributed by atoms with van der Waals surface area (Å²) in [6.45, 7) is 4.43. The number of alkyl halides is 1. The Kier molecular flexibility index (Phi) is 6.77. The second-order valence-corrected chi connectivity index (χ2v) is 5.40. The lowest BCUT2D eigenvalue weighted by molar-refractivity contribution is 0.263. The van der Waals surface area contributed by atoms with Crippen LogP contribution in [0.15, 0.2) is 24.3 Å². The molecule has 0 unspecified atom stereocenters. The molecule has 1 saturated heterocycles. The van der Waals surface area contributed by atoms with Crippen molar-refractivity contribution in [1.29, 1.82) is 0 Å². The second-order valence-electron chi connectivity index (χ2n) is 5.02. The zero-order valence-corrected chi connectivity index (χ0v) is 12.7. The third kappa shape index (κ3) is 5.45. The van der Waals surface area contributed by atoms with Crippen LogP contribution in [0.4, 0.5) is 0 Å². The Morgan fingerprint density at radius 1 is 1.25 bits per heavy atom. The minimum atomic E-state index is 0.583. The van der Waals surface area contributed by atoms with Gasteiger partial charge in [-0.05, 0) is 50.6 Å². The van der Waals surface area contributed by atoms with Crippen molar-refractivity contribution in [3.8, 4) is 17.6 Å². The summed E-state index contributed by atoms with van der Waals surface area (Å²) in [4.78, 5) is 2.51. The predicted octanol–water partition coefficient (Wildman–Crippen LogP) is 3.53. The largest absolute Gasteiger partial charge is 0.494 e. The van der Waals surface area contributed by atoms with Crippen molar-refractivity contribution >= 4 is 11.6 Å². The number of hydrogen-bond donors (Lipinski definition) is 0. The van der Waals surface area contributed by atoms with Crippen LogP contribution in [0.2, 0.25) is 0 Å². The van der Waals surface area contributed by atoms with E-state index < -0.39 is 0 Å². The van der Waals surface area contributed by atoms with E-state index in [1.165, 1.54) is 25.9 Å². The van der Waals surface area contributed by atoms with Crippen molar-refractivity contribution in [2.75, 3.05) is 32.1 Å². The lowest BCUT2D eigenvalue weighted by atomic mass is 10.2. The molecule has 0 atom stereocenters. The molecule has 0 saturated carbocycles. The molecule has 108 valence electrons. The van der Waals surface area contributed by atoms with Crippen molar-refractivity contribution < 1.29 is 4.74 Å². The smallest absolute Gasteiger partial charge is 0.120 e. The van der Waals surface area contributed by atoms with Crippen LogP contribution in [0.1, 0.15) is 31.2 Å². The first-order valence-electron chi connectivity index (χ1n) is 7.38. The van der Waals surface area contributed by atoms with Gasteiger partial charge in [-0.15, -0.1) is 11.6 Å². The van der Waals surface area contributed by atoms with Gasteiger partial charge < -0.3 is 9.64 Å². The maximum atomic E-state index is 5.79. The molecule has 0 N–H and O–H groups in total. The average Bonchev–Trinajstić information content (AvgIpc) is 2.98. The molecule has 0 amide bonds. The summed E-state index contributed by atoms with van der Waals surface area (Å²) in [6.07, 6.45) is 4.51. The highest BCUT2D eigenvalue weighted by Gasteiger charge is 2.10. The number of halogens is 1. The topological polar surface area (TPSA) is 12.5 Å². The molecule has 0 aromatic heterocycles. The first-order chi connectivity index (χ1) is 9.88. The Morgan fingerprint density at radius 2 is 2.10 bits per heavy atom. The molecule has 1 heterocycles. The molecule has 1 fully saturated rings. The summed E-state index contributed by atoms with van der Waals surface area (Å²) in [7, 11) is 0. The first-order valence-corrected chi connectivity index (χ1v) is 7.92. The lowest BCUT2D eigenvalue weighted by Gasteiger charge is -2.14. The molecule has 0 bridgehead atoms. The van der Waals surface area contributed by atoms with E-state index in [0.717, 1.165) is 37.3 Å². The highest BCUT2D eigenvalue weighted by atomic mass is 35.5. The summed E-state index contributed by atoms with van der Waals surface area (Å²) in [5.74, 6) is 7.63. The highest BCUT2D eigenvalue weighted by Crippen LogP contribution is 2.13. The summed E-state index contributed by atoms with van der Waals surface area (Å²) in [5.41, 5.74) is 0.993. The van der Waals surface area contributed by atoms with Crippen LogP contribution < -0.4 is 4.74 Å². The zero-order valence-electron chi connectivity index (χ0n) is 11.9. The van der Waals surface area contributed by atoms with Gasteiger partial charge in [0.25, 0.3) is 0 Å². The Bertz CT molecular complexity index is 458. The van der Waals surface area contributed by atoms with E-state index in [0.29, 0.717) is 5.88 Å². The maximum Gasteiger partial charge on any atom is 0.120 e. The van der Waals surface area contributed by atoms with Gasteiger partial charge in [0.05, 0.1) is 6.61 Å². The van der Waals surface area contributed by atoms with Crippen LogP contribution in [-0.4, -0.2) is 37.0 Å². The Morgan fingerprint density at radius 3 is 2.90 bits per heavy atom. The van der Waals surface area contributed by atoms with Gasteiger partial charge in [0.1, 0.15) is 5.75 Å². The van der Waals surface area contributed by atoms with E-state index in [2.05, 4.69) is 16.7 Å².